The molecule has 0 atom stereocenters. The molecule has 0 saturated carbocycles. The Balaban J connectivity index is 2.72. The zero-order valence-electron chi connectivity index (χ0n) is 13.4. The van der Waals surface area contributed by atoms with Crippen LogP contribution in [0.4, 0.5) is 4.39 Å². The SMILES string of the molecule is CCCCc1c(O)c(-c2c(OC)ccc(F)c2OC)c[nH]c1=O. The van der Waals surface area contributed by atoms with Gasteiger partial charge in [0.05, 0.1) is 25.3 Å². The van der Waals surface area contributed by atoms with E-state index in [2.05, 4.69) is 4.98 Å². The molecule has 23 heavy (non-hydrogen) atoms. The molecular weight excluding hydrogens is 301 g/mol. The number of benzene rings is 1. The van der Waals surface area contributed by atoms with Crippen molar-refractivity contribution in [2.24, 2.45) is 0 Å². The summed E-state index contributed by atoms with van der Waals surface area (Å²) in [5.74, 6) is -0.464. The van der Waals surface area contributed by atoms with Crippen molar-refractivity contribution in [3.8, 4) is 28.4 Å². The Morgan fingerprint density at radius 2 is 2.00 bits per heavy atom. The molecule has 2 N–H and O–H groups in total. The topological polar surface area (TPSA) is 71.5 Å². The summed E-state index contributed by atoms with van der Waals surface area (Å²) in [6, 6.07) is 2.67. The van der Waals surface area contributed by atoms with Crippen LogP contribution in [0.1, 0.15) is 25.3 Å². The summed E-state index contributed by atoms with van der Waals surface area (Å²) in [4.78, 5) is 14.5. The van der Waals surface area contributed by atoms with Crippen LogP contribution in [0.2, 0.25) is 0 Å². The van der Waals surface area contributed by atoms with E-state index in [1.165, 1.54) is 32.5 Å². The number of hydrogen-bond donors (Lipinski definition) is 2. The maximum atomic E-state index is 14.0. The largest absolute Gasteiger partial charge is 0.507 e. The fourth-order valence-electron chi connectivity index (χ4n) is 2.50. The molecule has 0 bridgehead atoms. The van der Waals surface area contributed by atoms with Crippen molar-refractivity contribution in [2.45, 2.75) is 26.2 Å². The van der Waals surface area contributed by atoms with Gasteiger partial charge in [0.25, 0.3) is 5.56 Å². The van der Waals surface area contributed by atoms with Gasteiger partial charge in [0, 0.05) is 11.8 Å². The molecule has 0 saturated heterocycles. The van der Waals surface area contributed by atoms with Gasteiger partial charge in [-0.1, -0.05) is 13.3 Å². The Kier molecular flexibility index (Phi) is 5.26. The molecule has 0 spiro atoms. The average molecular weight is 321 g/mol. The number of halogens is 1. The van der Waals surface area contributed by atoms with Gasteiger partial charge >= 0.3 is 0 Å². The lowest BCUT2D eigenvalue weighted by atomic mass is 9.99. The molecule has 0 unspecified atom stereocenters. The van der Waals surface area contributed by atoms with Crippen LogP contribution < -0.4 is 15.0 Å². The van der Waals surface area contributed by atoms with Crippen LogP contribution >= 0.6 is 0 Å². The maximum Gasteiger partial charge on any atom is 0.254 e. The van der Waals surface area contributed by atoms with Crippen molar-refractivity contribution in [3.63, 3.8) is 0 Å². The number of unbranched alkanes of at least 4 members (excludes halogenated alkanes) is 1. The second kappa shape index (κ2) is 7.17. The first kappa shape index (κ1) is 16.9. The molecule has 1 heterocycles. The van der Waals surface area contributed by atoms with Gasteiger partial charge in [-0.25, -0.2) is 4.39 Å². The lowest BCUT2D eigenvalue weighted by molar-refractivity contribution is 0.376. The minimum atomic E-state index is -0.580. The summed E-state index contributed by atoms with van der Waals surface area (Å²) in [5.41, 5.74) is 0.456. The fourth-order valence-corrected chi connectivity index (χ4v) is 2.50. The summed E-state index contributed by atoms with van der Waals surface area (Å²) in [6.07, 6.45) is 3.42. The maximum absolute atomic E-state index is 14.0. The van der Waals surface area contributed by atoms with Crippen LogP contribution in [0, 0.1) is 5.82 Å². The Bertz CT molecular complexity index is 755. The lowest BCUT2D eigenvalue weighted by Crippen LogP contribution is -2.13. The van der Waals surface area contributed by atoms with E-state index in [1.54, 1.807) is 0 Å². The molecule has 5 nitrogen and oxygen atoms in total. The molecule has 2 rings (SSSR count). The molecule has 2 aromatic rings. The number of aromatic nitrogens is 1. The molecule has 1 aromatic carbocycles. The highest BCUT2D eigenvalue weighted by Crippen LogP contribution is 2.43. The highest BCUT2D eigenvalue weighted by Gasteiger charge is 2.22. The summed E-state index contributed by atoms with van der Waals surface area (Å²) >= 11 is 0. The number of pyridine rings is 1. The lowest BCUT2D eigenvalue weighted by Gasteiger charge is -2.16. The molecule has 0 aliphatic carbocycles. The number of rotatable bonds is 6. The normalized spacial score (nSPS) is 10.6. The Morgan fingerprint density at radius 3 is 2.61 bits per heavy atom. The van der Waals surface area contributed by atoms with Crippen molar-refractivity contribution in [1.29, 1.82) is 0 Å². The van der Waals surface area contributed by atoms with Crippen LogP contribution in [0.5, 0.6) is 17.2 Å². The zero-order chi connectivity index (χ0) is 17.0. The van der Waals surface area contributed by atoms with Gasteiger partial charge in [0.1, 0.15) is 11.5 Å². The van der Waals surface area contributed by atoms with Gasteiger partial charge < -0.3 is 19.6 Å². The first-order valence-corrected chi connectivity index (χ1v) is 7.39. The van der Waals surface area contributed by atoms with E-state index in [0.29, 0.717) is 12.2 Å². The number of methoxy groups -OCH3 is 2. The van der Waals surface area contributed by atoms with E-state index in [4.69, 9.17) is 9.47 Å². The second-order valence-electron chi connectivity index (χ2n) is 5.12. The Morgan fingerprint density at radius 1 is 1.26 bits per heavy atom. The van der Waals surface area contributed by atoms with Crippen LogP contribution in [-0.4, -0.2) is 24.3 Å². The third-order valence-electron chi connectivity index (χ3n) is 3.71. The third kappa shape index (κ3) is 3.16. The van der Waals surface area contributed by atoms with Gasteiger partial charge in [0.2, 0.25) is 0 Å². The van der Waals surface area contributed by atoms with Gasteiger partial charge in [0.15, 0.2) is 11.6 Å². The van der Waals surface area contributed by atoms with E-state index >= 15 is 0 Å². The first-order valence-electron chi connectivity index (χ1n) is 7.39. The predicted molar refractivity (Wildman–Crippen MR) is 85.8 cm³/mol. The van der Waals surface area contributed by atoms with E-state index in [1.807, 2.05) is 6.92 Å². The van der Waals surface area contributed by atoms with Gasteiger partial charge in [-0.15, -0.1) is 0 Å². The van der Waals surface area contributed by atoms with E-state index in [0.717, 1.165) is 12.8 Å². The van der Waals surface area contributed by atoms with Crippen molar-refractivity contribution in [2.75, 3.05) is 14.2 Å². The third-order valence-corrected chi connectivity index (χ3v) is 3.71. The fraction of sp³-hybridized carbons (Fsp3) is 0.353. The summed E-state index contributed by atoms with van der Waals surface area (Å²) in [7, 11) is 2.78. The van der Waals surface area contributed by atoms with Gasteiger partial charge in [-0.3, -0.25) is 4.79 Å². The molecule has 0 amide bonds. The number of aromatic amines is 1. The summed E-state index contributed by atoms with van der Waals surface area (Å²) in [5, 5.41) is 10.5. The van der Waals surface area contributed by atoms with E-state index < -0.39 is 5.82 Å². The number of H-pyrrole nitrogens is 1. The number of nitrogens with one attached hydrogen (secondary N) is 1. The monoisotopic (exact) mass is 321 g/mol. The molecule has 0 fully saturated rings. The van der Waals surface area contributed by atoms with Gasteiger partial charge in [-0.2, -0.15) is 0 Å². The van der Waals surface area contributed by atoms with E-state index in [9.17, 15) is 14.3 Å². The standard InChI is InChI=1S/C17H20FNO4/c1-4-5-6-10-15(20)11(9-19-17(10)21)14-13(22-2)8-7-12(18)16(14)23-3/h7-9H,4-6H2,1-3H3,(H2,19,20,21). The molecular formula is C17H20FNO4. The Hall–Kier alpha value is -2.50. The van der Waals surface area contributed by atoms with Crippen molar-refractivity contribution in [1.82, 2.24) is 4.98 Å². The highest BCUT2D eigenvalue weighted by molar-refractivity contribution is 5.81. The van der Waals surface area contributed by atoms with Crippen molar-refractivity contribution < 1.29 is 19.0 Å². The van der Waals surface area contributed by atoms with Crippen LogP contribution in [0.3, 0.4) is 0 Å². The summed E-state index contributed by atoms with van der Waals surface area (Å²) in [6.45, 7) is 1.99. The molecule has 6 heteroatoms. The van der Waals surface area contributed by atoms with Crippen molar-refractivity contribution in [3.05, 3.63) is 40.1 Å². The zero-order valence-corrected chi connectivity index (χ0v) is 13.4. The minimum absolute atomic E-state index is 0.0480. The summed E-state index contributed by atoms with van der Waals surface area (Å²) < 4.78 is 24.4. The average Bonchev–Trinajstić information content (AvgIpc) is 2.55. The molecule has 0 aliphatic rings. The van der Waals surface area contributed by atoms with Crippen molar-refractivity contribution >= 4 is 0 Å². The van der Waals surface area contributed by atoms with Crippen LogP contribution in [0.25, 0.3) is 11.1 Å². The first-order chi connectivity index (χ1) is 11.0. The molecule has 0 aliphatic heterocycles. The predicted octanol–water partition coefficient (Wildman–Crippen LogP) is 3.25. The van der Waals surface area contributed by atoms with E-state index in [-0.39, 0.29) is 33.7 Å². The second-order valence-corrected chi connectivity index (χ2v) is 5.12. The van der Waals surface area contributed by atoms with Crippen LogP contribution in [-0.2, 0) is 6.42 Å². The minimum Gasteiger partial charge on any atom is -0.507 e. The molecule has 1 aromatic heterocycles. The number of hydrogen-bond acceptors (Lipinski definition) is 4. The van der Waals surface area contributed by atoms with Gasteiger partial charge in [-0.05, 0) is 25.0 Å². The van der Waals surface area contributed by atoms with Crippen LogP contribution in [0.15, 0.2) is 23.1 Å². The highest BCUT2D eigenvalue weighted by atomic mass is 19.1. The molecule has 124 valence electrons. The molecule has 0 radical (unpaired) electrons. The number of ether oxygens (including phenoxy) is 2. The quantitative estimate of drug-likeness (QED) is 0.857. The number of aromatic hydroxyl groups is 1. The Labute approximate surface area is 133 Å². The smallest absolute Gasteiger partial charge is 0.254 e.